The number of hydrogen-bond donors (Lipinski definition) is 3. The number of amides is 1. The van der Waals surface area contributed by atoms with E-state index in [1.54, 1.807) is 30.3 Å². The highest BCUT2D eigenvalue weighted by Crippen LogP contribution is 2.33. The van der Waals surface area contributed by atoms with Gasteiger partial charge in [-0.3, -0.25) is 0 Å². The number of nitrogens with one attached hydrogen (secondary N) is 1. The van der Waals surface area contributed by atoms with Gasteiger partial charge in [0.25, 0.3) is 0 Å². The van der Waals surface area contributed by atoms with Gasteiger partial charge in [0.15, 0.2) is 0 Å². The summed E-state index contributed by atoms with van der Waals surface area (Å²) in [5, 5.41) is 22.9. The van der Waals surface area contributed by atoms with Crippen molar-refractivity contribution in [3.05, 3.63) is 69.2 Å². The molecule has 134 valence electrons. The standard InChI is InChI=1S/C19H21Cl2NO3/c1-19(2,3)13-7-4-11(5-8-13)17(23)16(22-18(24)25)12-6-9-14(20)15(21)10-12/h4-10,16-17,22-23H,1-3H3,(H,24,25). The molecule has 2 atom stereocenters. The van der Waals surface area contributed by atoms with Crippen LogP contribution in [0.1, 0.15) is 49.6 Å². The van der Waals surface area contributed by atoms with Crippen LogP contribution in [-0.4, -0.2) is 16.3 Å². The maximum absolute atomic E-state index is 11.2. The largest absolute Gasteiger partial charge is 0.465 e. The van der Waals surface area contributed by atoms with Crippen molar-refractivity contribution in [2.75, 3.05) is 0 Å². The summed E-state index contributed by atoms with van der Waals surface area (Å²) in [4.78, 5) is 11.2. The van der Waals surface area contributed by atoms with Crippen molar-refractivity contribution in [3.8, 4) is 0 Å². The molecule has 0 spiro atoms. The van der Waals surface area contributed by atoms with E-state index >= 15 is 0 Å². The van der Waals surface area contributed by atoms with Crippen molar-refractivity contribution in [2.45, 2.75) is 38.3 Å². The normalized spacial score (nSPS) is 14.0. The van der Waals surface area contributed by atoms with Gasteiger partial charge < -0.3 is 15.5 Å². The molecule has 2 unspecified atom stereocenters. The maximum Gasteiger partial charge on any atom is 0.405 e. The molecule has 0 aliphatic rings. The third-order valence-corrected chi connectivity index (χ3v) is 4.75. The Balaban J connectivity index is 2.36. The molecular formula is C19H21Cl2NO3. The van der Waals surface area contributed by atoms with Crippen LogP contribution in [-0.2, 0) is 5.41 Å². The molecule has 2 aromatic rings. The molecule has 0 saturated heterocycles. The zero-order valence-electron chi connectivity index (χ0n) is 14.3. The second-order valence-corrected chi connectivity index (χ2v) is 7.73. The van der Waals surface area contributed by atoms with Crippen LogP contribution >= 0.6 is 23.2 Å². The second-order valence-electron chi connectivity index (χ2n) is 6.92. The number of carbonyl (C=O) groups is 1. The first-order valence-corrected chi connectivity index (χ1v) is 8.58. The predicted molar refractivity (Wildman–Crippen MR) is 100 cm³/mol. The fourth-order valence-corrected chi connectivity index (χ4v) is 2.86. The molecule has 3 N–H and O–H groups in total. The van der Waals surface area contributed by atoms with Crippen LogP contribution in [0.2, 0.25) is 10.0 Å². The molecule has 0 heterocycles. The van der Waals surface area contributed by atoms with Gasteiger partial charge >= 0.3 is 6.09 Å². The Morgan fingerprint density at radius 1 is 1.00 bits per heavy atom. The first-order valence-electron chi connectivity index (χ1n) is 7.82. The molecule has 0 saturated carbocycles. The number of rotatable bonds is 4. The van der Waals surface area contributed by atoms with Gasteiger partial charge in [0.05, 0.1) is 16.1 Å². The lowest BCUT2D eigenvalue weighted by Crippen LogP contribution is -2.31. The lowest BCUT2D eigenvalue weighted by Gasteiger charge is -2.25. The Morgan fingerprint density at radius 2 is 1.56 bits per heavy atom. The first kappa shape index (κ1) is 19.6. The summed E-state index contributed by atoms with van der Waals surface area (Å²) in [5.41, 5.74) is 2.26. The summed E-state index contributed by atoms with van der Waals surface area (Å²) in [6.45, 7) is 6.30. The highest BCUT2D eigenvalue weighted by atomic mass is 35.5. The molecule has 0 radical (unpaired) electrons. The summed E-state index contributed by atoms with van der Waals surface area (Å²) in [6.07, 6.45) is -2.30. The van der Waals surface area contributed by atoms with E-state index in [9.17, 15) is 9.90 Å². The molecule has 1 amide bonds. The number of halogens is 2. The average Bonchev–Trinajstić information content (AvgIpc) is 2.54. The minimum absolute atomic E-state index is 0.00803. The average molecular weight is 382 g/mol. The predicted octanol–water partition coefficient (Wildman–Crippen LogP) is 5.33. The van der Waals surface area contributed by atoms with Crippen LogP contribution in [0, 0.1) is 0 Å². The number of aliphatic hydroxyl groups is 1. The van der Waals surface area contributed by atoms with Crippen LogP contribution in [0.4, 0.5) is 4.79 Å². The third kappa shape index (κ3) is 4.88. The molecule has 2 aromatic carbocycles. The molecular weight excluding hydrogens is 361 g/mol. The van der Waals surface area contributed by atoms with Crippen LogP contribution in [0.5, 0.6) is 0 Å². The zero-order chi connectivity index (χ0) is 18.8. The maximum atomic E-state index is 11.2. The molecule has 0 aromatic heterocycles. The molecule has 0 aliphatic heterocycles. The fourth-order valence-electron chi connectivity index (χ4n) is 2.56. The molecule has 25 heavy (non-hydrogen) atoms. The molecule has 0 fully saturated rings. The van der Waals surface area contributed by atoms with Gasteiger partial charge in [-0.15, -0.1) is 0 Å². The van der Waals surface area contributed by atoms with E-state index in [4.69, 9.17) is 28.3 Å². The van der Waals surface area contributed by atoms with Gasteiger partial charge in [-0.1, -0.05) is 74.3 Å². The highest BCUT2D eigenvalue weighted by Gasteiger charge is 2.25. The fraction of sp³-hybridized carbons (Fsp3) is 0.316. The molecule has 0 aliphatic carbocycles. The topological polar surface area (TPSA) is 69.6 Å². The second kappa shape index (κ2) is 7.65. The summed E-state index contributed by atoms with van der Waals surface area (Å²) in [5.74, 6) is 0. The van der Waals surface area contributed by atoms with Crippen LogP contribution < -0.4 is 5.32 Å². The summed E-state index contributed by atoms with van der Waals surface area (Å²) in [7, 11) is 0. The summed E-state index contributed by atoms with van der Waals surface area (Å²) >= 11 is 11.9. The van der Waals surface area contributed by atoms with E-state index in [1.165, 1.54) is 0 Å². The van der Waals surface area contributed by atoms with Gasteiger partial charge in [-0.2, -0.15) is 0 Å². The van der Waals surface area contributed by atoms with Crippen molar-refractivity contribution in [2.24, 2.45) is 0 Å². The third-order valence-electron chi connectivity index (χ3n) is 4.02. The monoisotopic (exact) mass is 381 g/mol. The lowest BCUT2D eigenvalue weighted by atomic mass is 9.85. The quantitative estimate of drug-likeness (QED) is 0.669. The molecule has 4 nitrogen and oxygen atoms in total. The van der Waals surface area contributed by atoms with E-state index in [0.29, 0.717) is 21.2 Å². The van der Waals surface area contributed by atoms with E-state index in [0.717, 1.165) is 5.56 Å². The van der Waals surface area contributed by atoms with Crippen molar-refractivity contribution < 1.29 is 15.0 Å². The Kier molecular flexibility index (Phi) is 5.99. The number of carboxylic acid groups (broad SMARTS) is 1. The van der Waals surface area contributed by atoms with Crippen molar-refractivity contribution in [3.63, 3.8) is 0 Å². The van der Waals surface area contributed by atoms with Gasteiger partial charge in [-0.25, -0.2) is 4.79 Å². The van der Waals surface area contributed by atoms with Crippen LogP contribution in [0.3, 0.4) is 0 Å². The van der Waals surface area contributed by atoms with Crippen LogP contribution in [0.25, 0.3) is 0 Å². The molecule has 2 rings (SSSR count). The smallest absolute Gasteiger partial charge is 0.405 e. The highest BCUT2D eigenvalue weighted by molar-refractivity contribution is 6.42. The minimum atomic E-state index is -1.23. The van der Waals surface area contributed by atoms with E-state index in [-0.39, 0.29) is 5.41 Å². The Hall–Kier alpha value is -1.75. The van der Waals surface area contributed by atoms with Crippen molar-refractivity contribution >= 4 is 29.3 Å². The zero-order valence-corrected chi connectivity index (χ0v) is 15.8. The Bertz CT molecular complexity index is 754. The van der Waals surface area contributed by atoms with E-state index < -0.39 is 18.2 Å². The lowest BCUT2D eigenvalue weighted by molar-refractivity contribution is 0.120. The summed E-state index contributed by atoms with van der Waals surface area (Å²) < 4.78 is 0. The minimum Gasteiger partial charge on any atom is -0.465 e. The van der Waals surface area contributed by atoms with Gasteiger partial charge in [-0.05, 0) is 34.2 Å². The number of hydrogen-bond acceptors (Lipinski definition) is 2. The summed E-state index contributed by atoms with van der Waals surface area (Å²) in [6, 6.07) is 11.4. The molecule has 0 bridgehead atoms. The number of benzene rings is 2. The van der Waals surface area contributed by atoms with E-state index in [2.05, 4.69) is 26.1 Å². The first-order chi connectivity index (χ1) is 11.6. The Morgan fingerprint density at radius 3 is 2.04 bits per heavy atom. The molecule has 6 heteroatoms. The van der Waals surface area contributed by atoms with E-state index in [1.807, 2.05) is 12.1 Å². The van der Waals surface area contributed by atoms with Gasteiger partial charge in [0.2, 0.25) is 0 Å². The van der Waals surface area contributed by atoms with Gasteiger partial charge in [0.1, 0.15) is 6.10 Å². The van der Waals surface area contributed by atoms with Gasteiger partial charge in [0, 0.05) is 0 Å². The Labute approximate surface area is 157 Å². The van der Waals surface area contributed by atoms with Crippen molar-refractivity contribution in [1.29, 1.82) is 0 Å². The van der Waals surface area contributed by atoms with Crippen LogP contribution in [0.15, 0.2) is 42.5 Å². The number of aliphatic hydroxyl groups excluding tert-OH is 1. The SMILES string of the molecule is CC(C)(C)c1ccc(C(O)C(NC(=O)O)c2ccc(Cl)c(Cl)c2)cc1. The van der Waals surface area contributed by atoms with Crippen molar-refractivity contribution in [1.82, 2.24) is 5.32 Å².